The van der Waals surface area contributed by atoms with Gasteiger partial charge >= 0.3 is 191 Å². The fourth-order valence-electron chi connectivity index (χ4n) is 3.11. The molecule has 2 heterocycles. The maximum absolute atomic E-state index is 9.75. The van der Waals surface area contributed by atoms with Gasteiger partial charge in [0.2, 0.25) is 0 Å². The Bertz CT molecular complexity index is 1140. The Kier molecular flexibility index (Phi) is 12.4. The maximum atomic E-state index is 9.75. The van der Waals surface area contributed by atoms with Crippen LogP contribution in [0.15, 0.2) is 56.3 Å². The van der Waals surface area contributed by atoms with E-state index in [0.29, 0.717) is 29.0 Å². The van der Waals surface area contributed by atoms with Gasteiger partial charge in [-0.2, -0.15) is 0 Å². The Balaban J connectivity index is 0.000000389. The topological polar surface area (TPSA) is 7.76 Å². The molecule has 0 aliphatic rings. The Hall–Kier alpha value is -0.911. The van der Waals surface area contributed by atoms with Gasteiger partial charge in [-0.3, -0.25) is 0 Å². The number of thioether (sulfide) groups is 2. The molecular formula is C20H22B2F8N2S2Se2. The molecule has 4 rings (SSSR count). The van der Waals surface area contributed by atoms with Crippen molar-refractivity contribution in [1.82, 2.24) is 0 Å². The molecule has 0 aliphatic carbocycles. The molecule has 0 amide bonds. The minimum Gasteiger partial charge on any atom is -0.418 e. The van der Waals surface area contributed by atoms with Crippen LogP contribution in [-0.4, -0.2) is 55.0 Å². The second-order valence-corrected chi connectivity index (χ2v) is 14.8. The minimum absolute atomic E-state index is 0.467. The van der Waals surface area contributed by atoms with Crippen molar-refractivity contribution in [3.63, 3.8) is 0 Å². The molecule has 0 fully saturated rings. The molecule has 36 heavy (non-hydrogen) atoms. The van der Waals surface area contributed by atoms with Crippen LogP contribution in [0.25, 0.3) is 19.6 Å². The third kappa shape index (κ3) is 10.8. The molecule has 0 N–H and O–H groups in total. The van der Waals surface area contributed by atoms with Crippen LogP contribution < -0.4 is 9.13 Å². The summed E-state index contributed by atoms with van der Waals surface area (Å²) in [4.78, 5) is 0. The average Bonchev–Trinajstić information content (AvgIpc) is 3.28. The summed E-state index contributed by atoms with van der Waals surface area (Å²) in [5.74, 6) is 2.31. The summed E-state index contributed by atoms with van der Waals surface area (Å²) >= 11 is 4.99. The molecule has 2 aromatic heterocycles. The number of aromatic nitrogens is 2. The molecule has 0 aliphatic heterocycles. The maximum Gasteiger partial charge on any atom is 0.673 e. The minimum atomic E-state index is -6.00. The summed E-state index contributed by atoms with van der Waals surface area (Å²) in [7, 11) is -12.0. The predicted octanol–water partition coefficient (Wildman–Crippen LogP) is 6.21. The first-order valence-electron chi connectivity index (χ1n) is 10.6. The Morgan fingerprint density at radius 3 is 1.22 bits per heavy atom. The van der Waals surface area contributed by atoms with Gasteiger partial charge in [0.25, 0.3) is 0 Å². The van der Waals surface area contributed by atoms with E-state index in [2.05, 4.69) is 71.5 Å². The van der Waals surface area contributed by atoms with Crippen LogP contribution in [0.1, 0.15) is 13.8 Å². The van der Waals surface area contributed by atoms with E-state index in [4.69, 9.17) is 0 Å². The number of nitrogens with zero attached hydrogens (tertiary/aromatic N) is 2. The molecule has 2 nitrogen and oxygen atoms in total. The summed E-state index contributed by atoms with van der Waals surface area (Å²) in [6.45, 7) is 6.66. The van der Waals surface area contributed by atoms with Crippen molar-refractivity contribution < 1.29 is 43.7 Å². The van der Waals surface area contributed by atoms with Crippen molar-refractivity contribution in [3.8, 4) is 0 Å². The second-order valence-electron chi connectivity index (χ2n) is 6.83. The van der Waals surface area contributed by atoms with Crippen molar-refractivity contribution in [2.45, 2.75) is 34.7 Å². The molecule has 0 saturated carbocycles. The zero-order chi connectivity index (χ0) is 26.9. The molecule has 4 aromatic rings. The van der Waals surface area contributed by atoms with Crippen LogP contribution in [0.4, 0.5) is 34.5 Å². The van der Waals surface area contributed by atoms with Gasteiger partial charge < -0.3 is 34.5 Å². The van der Waals surface area contributed by atoms with Crippen molar-refractivity contribution in [3.05, 3.63) is 48.5 Å². The molecule has 0 unspecified atom stereocenters. The molecule has 16 heteroatoms. The number of halogens is 8. The molecule has 198 valence electrons. The Morgan fingerprint density at radius 2 is 0.917 bits per heavy atom. The van der Waals surface area contributed by atoms with E-state index >= 15 is 0 Å². The standard InChI is InChI=1S/C20H22N2S2Se2.2BF4/c1-3-23-19-21(15-9-5-7-11-17(15)25-19)13-14-22-16-10-6-8-12-18(16)26-20(22)24-4-2;2*2-1(3,4)5/h5-12H,3-4,13-14H2,1-2H3;;/q+2;2*-1. The van der Waals surface area contributed by atoms with Crippen LogP contribution in [0.3, 0.4) is 0 Å². The van der Waals surface area contributed by atoms with Gasteiger partial charge in [0.15, 0.2) is 0 Å². The summed E-state index contributed by atoms with van der Waals surface area (Å²) < 4.78 is 89.4. The molecule has 0 bridgehead atoms. The van der Waals surface area contributed by atoms with E-state index in [1.54, 1.807) is 7.80 Å². The van der Waals surface area contributed by atoms with Gasteiger partial charge in [-0.1, -0.05) is 0 Å². The van der Waals surface area contributed by atoms with Crippen LogP contribution in [-0.2, 0) is 13.1 Å². The van der Waals surface area contributed by atoms with Crippen molar-refractivity contribution in [1.29, 1.82) is 0 Å². The Morgan fingerprint density at radius 1 is 0.611 bits per heavy atom. The molecular weight excluding hydrogens is 664 g/mol. The summed E-state index contributed by atoms with van der Waals surface area (Å²) in [5.41, 5.74) is 2.87. The quantitative estimate of drug-likeness (QED) is 0.0991. The van der Waals surface area contributed by atoms with Crippen LogP contribution in [0.2, 0.25) is 0 Å². The second kappa shape index (κ2) is 14.3. The summed E-state index contributed by atoms with van der Waals surface area (Å²) in [6, 6.07) is 17.9. The molecule has 0 spiro atoms. The fraction of sp³-hybridized carbons (Fsp3) is 0.300. The monoisotopic (exact) mass is 688 g/mol. The largest absolute Gasteiger partial charge is 0.673 e. The number of hydrogen-bond donors (Lipinski definition) is 0. The number of aryl methyl sites for hydroxylation is 2. The van der Waals surface area contributed by atoms with Gasteiger partial charge in [-0.15, -0.1) is 0 Å². The van der Waals surface area contributed by atoms with E-state index in [9.17, 15) is 34.5 Å². The SMILES string of the molecule is CCSc1[se]c2ccccc2[n+]1CC[n+]1c(SCC)[se]c2ccccc21.F[B-](F)(F)F.F[B-](F)(F)F. The number of benzene rings is 2. The van der Waals surface area contributed by atoms with Crippen molar-refractivity contribution >= 4 is 86.6 Å². The van der Waals surface area contributed by atoms with E-state index in [1.807, 2.05) is 23.5 Å². The molecule has 2 aromatic carbocycles. The molecule has 0 radical (unpaired) electrons. The van der Waals surface area contributed by atoms with E-state index in [-0.39, 0.29) is 0 Å². The first-order valence-corrected chi connectivity index (χ1v) is 16.0. The van der Waals surface area contributed by atoms with Gasteiger partial charge in [-0.05, 0) is 0 Å². The van der Waals surface area contributed by atoms with Gasteiger partial charge in [0.1, 0.15) is 0 Å². The molecule has 0 saturated heterocycles. The van der Waals surface area contributed by atoms with Gasteiger partial charge in [0.05, 0.1) is 0 Å². The summed E-state index contributed by atoms with van der Waals surface area (Å²) in [5, 5.41) is 0. The first kappa shape index (κ1) is 31.3. The van der Waals surface area contributed by atoms with E-state index in [1.165, 1.54) is 19.6 Å². The zero-order valence-corrected chi connectivity index (χ0v) is 24.2. The predicted molar refractivity (Wildman–Crippen MR) is 135 cm³/mol. The smallest absolute Gasteiger partial charge is 0.418 e. The van der Waals surface area contributed by atoms with Gasteiger partial charge in [-0.25, -0.2) is 0 Å². The first-order chi connectivity index (χ1) is 16.8. The van der Waals surface area contributed by atoms with E-state index in [0.717, 1.165) is 24.6 Å². The van der Waals surface area contributed by atoms with Crippen molar-refractivity contribution in [2.24, 2.45) is 0 Å². The van der Waals surface area contributed by atoms with Gasteiger partial charge in [0, 0.05) is 0 Å². The average molecular weight is 686 g/mol. The molecule has 0 atom stereocenters. The fourth-order valence-corrected chi connectivity index (χ4v) is 11.4. The Labute approximate surface area is 224 Å². The zero-order valence-electron chi connectivity index (χ0n) is 19.2. The number of hydrogen-bond acceptors (Lipinski definition) is 2. The van der Waals surface area contributed by atoms with Crippen LogP contribution in [0, 0.1) is 0 Å². The van der Waals surface area contributed by atoms with Crippen LogP contribution >= 0.6 is 23.5 Å². The van der Waals surface area contributed by atoms with Crippen LogP contribution in [0.5, 0.6) is 0 Å². The summed E-state index contributed by atoms with van der Waals surface area (Å²) in [6.07, 6.45) is 0. The van der Waals surface area contributed by atoms with E-state index < -0.39 is 14.5 Å². The number of rotatable bonds is 7. The van der Waals surface area contributed by atoms with Crippen molar-refractivity contribution in [2.75, 3.05) is 11.5 Å². The third-order valence-corrected chi connectivity index (χ3v) is 12.1. The number of para-hydroxylation sites is 2. The third-order valence-electron chi connectivity index (χ3n) is 4.23. The number of fused-ring (bicyclic) bond motifs is 2. The normalized spacial score (nSPS) is 11.7.